The first-order valence-electron chi connectivity index (χ1n) is 5.32. The van der Waals surface area contributed by atoms with Crippen molar-refractivity contribution in [3.8, 4) is 0 Å². The molecule has 0 amide bonds. The molecule has 3 rings (SSSR count). The molecule has 0 N–H and O–H groups in total. The first-order valence-corrected chi connectivity index (χ1v) is 9.51. The van der Waals surface area contributed by atoms with Crippen LogP contribution in [0.15, 0.2) is 57.7 Å². The molecule has 2 unspecified atom stereocenters. The molecular formula is C14H12As2. The standard InChI is InChI=1S/C14H12As2/c1-2-7-12(8-3-1)15-14-10-11-6-4-5-9-13(11)16-14/h1-10,15-16H. The van der Waals surface area contributed by atoms with Crippen LogP contribution < -0.4 is 8.70 Å². The van der Waals surface area contributed by atoms with Gasteiger partial charge in [-0.05, 0) is 0 Å². The van der Waals surface area contributed by atoms with E-state index in [2.05, 4.69) is 60.7 Å². The second-order valence-corrected chi connectivity index (χ2v) is 11.6. The summed E-state index contributed by atoms with van der Waals surface area (Å²) in [5.41, 5.74) is 1.48. The van der Waals surface area contributed by atoms with Gasteiger partial charge in [-0.25, -0.2) is 0 Å². The summed E-state index contributed by atoms with van der Waals surface area (Å²) in [5, 5.41) is 0. The number of hydrogen-bond acceptors (Lipinski definition) is 0. The van der Waals surface area contributed by atoms with Crippen molar-refractivity contribution >= 4 is 46.3 Å². The van der Waals surface area contributed by atoms with E-state index in [1.807, 2.05) is 0 Å². The van der Waals surface area contributed by atoms with Gasteiger partial charge < -0.3 is 0 Å². The molecule has 1 aliphatic heterocycles. The van der Waals surface area contributed by atoms with Crippen molar-refractivity contribution in [2.45, 2.75) is 0 Å². The number of benzene rings is 2. The summed E-state index contributed by atoms with van der Waals surface area (Å²) in [6.07, 6.45) is 2.45. The molecule has 0 fully saturated rings. The fourth-order valence-corrected chi connectivity index (χ4v) is 9.65. The van der Waals surface area contributed by atoms with E-state index in [1.165, 1.54) is 5.56 Å². The van der Waals surface area contributed by atoms with Gasteiger partial charge in [0.1, 0.15) is 0 Å². The van der Waals surface area contributed by atoms with Gasteiger partial charge in [-0.15, -0.1) is 0 Å². The second-order valence-electron chi connectivity index (χ2n) is 3.76. The zero-order valence-electron chi connectivity index (χ0n) is 8.77. The van der Waals surface area contributed by atoms with Crippen molar-refractivity contribution in [2.24, 2.45) is 0 Å². The molecule has 1 aliphatic rings. The van der Waals surface area contributed by atoms with Crippen LogP contribution in [0.4, 0.5) is 0 Å². The quantitative estimate of drug-likeness (QED) is 0.716. The molecule has 2 heteroatoms. The van der Waals surface area contributed by atoms with Crippen molar-refractivity contribution < 1.29 is 0 Å². The Balaban J connectivity index is 1.81. The number of hydrogen-bond donors (Lipinski definition) is 0. The molecule has 0 aliphatic carbocycles. The summed E-state index contributed by atoms with van der Waals surface area (Å²) < 4.78 is 4.95. The van der Waals surface area contributed by atoms with Gasteiger partial charge in [0.2, 0.25) is 0 Å². The van der Waals surface area contributed by atoms with E-state index in [9.17, 15) is 0 Å². The van der Waals surface area contributed by atoms with Crippen LogP contribution in [0.5, 0.6) is 0 Å². The van der Waals surface area contributed by atoms with Gasteiger partial charge >= 0.3 is 110 Å². The number of fused-ring (bicyclic) bond motifs is 1. The van der Waals surface area contributed by atoms with Crippen LogP contribution in [0.1, 0.15) is 5.56 Å². The minimum atomic E-state index is -0.0506. The normalized spacial score (nSPS) is 15.6. The van der Waals surface area contributed by atoms with Crippen molar-refractivity contribution in [3.63, 3.8) is 0 Å². The Morgan fingerprint density at radius 1 is 0.812 bits per heavy atom. The fourth-order valence-electron chi connectivity index (χ4n) is 1.82. The monoisotopic (exact) mass is 330 g/mol. The third-order valence-electron chi connectivity index (χ3n) is 2.58. The van der Waals surface area contributed by atoms with Gasteiger partial charge in [0, 0.05) is 0 Å². The molecule has 0 bridgehead atoms. The van der Waals surface area contributed by atoms with E-state index in [0.29, 0.717) is 0 Å². The molecule has 2 aromatic rings. The average Bonchev–Trinajstić information content (AvgIpc) is 2.72. The molecule has 0 saturated heterocycles. The van der Waals surface area contributed by atoms with Crippen molar-refractivity contribution in [2.75, 3.05) is 0 Å². The fraction of sp³-hybridized carbons (Fsp3) is 0. The van der Waals surface area contributed by atoms with Crippen molar-refractivity contribution in [3.05, 3.63) is 63.3 Å². The summed E-state index contributed by atoms with van der Waals surface area (Å²) in [6.45, 7) is 0. The summed E-state index contributed by atoms with van der Waals surface area (Å²) in [7, 11) is 0. The molecule has 16 heavy (non-hydrogen) atoms. The molecule has 1 heterocycles. The molecule has 0 radical (unpaired) electrons. The first kappa shape index (κ1) is 10.5. The van der Waals surface area contributed by atoms with Gasteiger partial charge in [0.25, 0.3) is 0 Å². The van der Waals surface area contributed by atoms with Gasteiger partial charge in [-0.3, -0.25) is 0 Å². The Morgan fingerprint density at radius 2 is 1.56 bits per heavy atom. The molecule has 78 valence electrons. The van der Waals surface area contributed by atoms with E-state index in [-0.39, 0.29) is 31.5 Å². The summed E-state index contributed by atoms with van der Waals surface area (Å²) >= 11 is -0.0428. The van der Waals surface area contributed by atoms with Gasteiger partial charge in [0.05, 0.1) is 0 Å². The van der Waals surface area contributed by atoms with Crippen LogP contribution >= 0.6 is 0 Å². The van der Waals surface area contributed by atoms with E-state index < -0.39 is 0 Å². The first-order chi connectivity index (χ1) is 7.92. The van der Waals surface area contributed by atoms with Crippen molar-refractivity contribution in [1.82, 2.24) is 0 Å². The minimum absolute atomic E-state index is 0.00774. The Hall–Kier alpha value is -0.703. The van der Waals surface area contributed by atoms with Crippen LogP contribution in [-0.4, -0.2) is 31.5 Å². The van der Waals surface area contributed by atoms with Gasteiger partial charge in [-0.2, -0.15) is 0 Å². The summed E-state index contributed by atoms with van der Waals surface area (Å²) in [4.78, 5) is 0. The maximum absolute atomic E-state index is 2.45. The van der Waals surface area contributed by atoms with Crippen LogP contribution in [0.3, 0.4) is 0 Å². The topological polar surface area (TPSA) is 0 Å². The Kier molecular flexibility index (Phi) is 3.04. The molecule has 2 atom stereocenters. The van der Waals surface area contributed by atoms with Crippen LogP contribution in [-0.2, 0) is 0 Å². The van der Waals surface area contributed by atoms with Crippen LogP contribution in [0, 0.1) is 0 Å². The molecule has 0 spiro atoms. The summed E-state index contributed by atoms with van der Waals surface area (Å²) in [5.74, 6) is 0. The molecule has 0 aromatic heterocycles. The average molecular weight is 330 g/mol. The van der Waals surface area contributed by atoms with Gasteiger partial charge in [-0.1, -0.05) is 0 Å². The Morgan fingerprint density at radius 3 is 2.38 bits per heavy atom. The molecule has 2 aromatic carbocycles. The SMILES string of the molecule is C1=C([AsH]c2ccccc2)[AsH]c2ccccc21. The molecular weight excluding hydrogens is 318 g/mol. The predicted octanol–water partition coefficient (Wildman–Crippen LogP) is 0.822. The van der Waals surface area contributed by atoms with E-state index in [1.54, 1.807) is 11.9 Å². The Bertz CT molecular complexity index is 529. The van der Waals surface area contributed by atoms with E-state index in [0.717, 1.165) is 0 Å². The molecule has 0 nitrogen and oxygen atoms in total. The van der Waals surface area contributed by atoms with Gasteiger partial charge in [0.15, 0.2) is 0 Å². The van der Waals surface area contributed by atoms with E-state index >= 15 is 0 Å². The third kappa shape index (κ3) is 2.19. The number of rotatable bonds is 2. The maximum atomic E-state index is 2.45. The predicted molar refractivity (Wildman–Crippen MR) is 74.4 cm³/mol. The second kappa shape index (κ2) is 4.66. The van der Waals surface area contributed by atoms with Crippen LogP contribution in [0.2, 0.25) is 0 Å². The van der Waals surface area contributed by atoms with E-state index in [4.69, 9.17) is 0 Å². The van der Waals surface area contributed by atoms with Crippen LogP contribution in [0.25, 0.3) is 6.08 Å². The Labute approximate surface area is 109 Å². The molecule has 0 saturated carbocycles. The zero-order valence-corrected chi connectivity index (χ0v) is 13.0. The zero-order chi connectivity index (χ0) is 10.8. The third-order valence-corrected chi connectivity index (χ3v) is 9.87. The summed E-state index contributed by atoms with van der Waals surface area (Å²) in [6, 6.07) is 19.8. The van der Waals surface area contributed by atoms with Crippen molar-refractivity contribution in [1.29, 1.82) is 0 Å².